The second kappa shape index (κ2) is 4.72. The van der Waals surface area contributed by atoms with Gasteiger partial charge in [-0.15, -0.1) is 0 Å². The molecule has 5 heteroatoms. The van der Waals surface area contributed by atoms with E-state index in [4.69, 9.17) is 4.74 Å². The average molecular weight is 212 g/mol. The molecule has 0 bridgehead atoms. The van der Waals surface area contributed by atoms with Crippen LogP contribution in [0.15, 0.2) is 0 Å². The van der Waals surface area contributed by atoms with E-state index in [0.29, 0.717) is 5.92 Å². The molecule has 0 aromatic heterocycles. The molecule has 2 aliphatic heterocycles. The zero-order chi connectivity index (χ0) is 10.7. The molecule has 0 radical (unpaired) electrons. The number of nitrogens with one attached hydrogen (secondary N) is 2. The van der Waals surface area contributed by atoms with Crippen LogP contribution in [0.2, 0.25) is 0 Å². The molecule has 0 spiro atoms. The van der Waals surface area contributed by atoms with Crippen LogP contribution in [0.3, 0.4) is 0 Å². The van der Waals surface area contributed by atoms with Gasteiger partial charge in [0.15, 0.2) is 0 Å². The van der Waals surface area contributed by atoms with E-state index >= 15 is 0 Å². The molecule has 2 rings (SSSR count). The third-order valence-electron chi connectivity index (χ3n) is 2.94. The standard InChI is InChI=1S/C10H16N2O3/c13-9-5-8(10(14)12-9)11-3-1-7-2-4-15-6-7/h7-8,11H,1-6H2,(H,12,13,14). The zero-order valence-electron chi connectivity index (χ0n) is 8.62. The highest BCUT2D eigenvalue weighted by Crippen LogP contribution is 2.15. The Morgan fingerprint density at radius 2 is 2.33 bits per heavy atom. The van der Waals surface area contributed by atoms with Gasteiger partial charge in [0.1, 0.15) is 0 Å². The van der Waals surface area contributed by atoms with Crippen molar-refractivity contribution in [1.82, 2.24) is 10.6 Å². The van der Waals surface area contributed by atoms with Crippen molar-refractivity contribution < 1.29 is 14.3 Å². The molecule has 84 valence electrons. The zero-order valence-corrected chi connectivity index (χ0v) is 8.62. The van der Waals surface area contributed by atoms with Crippen molar-refractivity contribution in [3.8, 4) is 0 Å². The lowest BCUT2D eigenvalue weighted by molar-refractivity contribution is -0.125. The molecule has 0 aromatic carbocycles. The summed E-state index contributed by atoms with van der Waals surface area (Å²) >= 11 is 0. The van der Waals surface area contributed by atoms with E-state index in [1.54, 1.807) is 0 Å². The molecule has 2 atom stereocenters. The Labute approximate surface area is 88.5 Å². The highest BCUT2D eigenvalue weighted by Gasteiger charge is 2.29. The summed E-state index contributed by atoms with van der Waals surface area (Å²) in [7, 11) is 0. The van der Waals surface area contributed by atoms with Gasteiger partial charge in [-0.25, -0.2) is 0 Å². The van der Waals surface area contributed by atoms with Gasteiger partial charge >= 0.3 is 0 Å². The van der Waals surface area contributed by atoms with E-state index < -0.39 is 0 Å². The first kappa shape index (κ1) is 10.6. The van der Waals surface area contributed by atoms with E-state index in [1.807, 2.05) is 0 Å². The number of rotatable bonds is 4. The van der Waals surface area contributed by atoms with Gasteiger partial charge in [0, 0.05) is 13.2 Å². The Kier molecular flexibility index (Phi) is 3.33. The van der Waals surface area contributed by atoms with Crippen LogP contribution in [0.5, 0.6) is 0 Å². The van der Waals surface area contributed by atoms with Crippen LogP contribution in [0, 0.1) is 5.92 Å². The predicted molar refractivity (Wildman–Crippen MR) is 53.1 cm³/mol. The molecule has 2 N–H and O–H groups in total. The number of imide groups is 1. The van der Waals surface area contributed by atoms with Crippen molar-refractivity contribution >= 4 is 11.8 Å². The molecule has 15 heavy (non-hydrogen) atoms. The lowest BCUT2D eigenvalue weighted by Crippen LogP contribution is -2.37. The van der Waals surface area contributed by atoms with E-state index in [0.717, 1.165) is 32.6 Å². The molecule has 0 aromatic rings. The molecule has 0 aliphatic carbocycles. The summed E-state index contributed by atoms with van der Waals surface area (Å²) in [5, 5.41) is 5.38. The van der Waals surface area contributed by atoms with Crippen molar-refractivity contribution in [1.29, 1.82) is 0 Å². The molecule has 0 saturated carbocycles. The Balaban J connectivity index is 1.65. The first-order valence-corrected chi connectivity index (χ1v) is 5.40. The first-order chi connectivity index (χ1) is 7.25. The van der Waals surface area contributed by atoms with Crippen LogP contribution in [0.25, 0.3) is 0 Å². The van der Waals surface area contributed by atoms with Crippen molar-refractivity contribution in [3.05, 3.63) is 0 Å². The summed E-state index contributed by atoms with van der Waals surface area (Å²) in [6.07, 6.45) is 2.40. The molecule has 2 heterocycles. The van der Waals surface area contributed by atoms with E-state index in [9.17, 15) is 9.59 Å². The van der Waals surface area contributed by atoms with Gasteiger partial charge in [-0.3, -0.25) is 14.9 Å². The molecule has 2 saturated heterocycles. The van der Waals surface area contributed by atoms with Gasteiger partial charge in [-0.05, 0) is 25.3 Å². The maximum Gasteiger partial charge on any atom is 0.244 e. The van der Waals surface area contributed by atoms with Crippen molar-refractivity contribution in [3.63, 3.8) is 0 Å². The smallest absolute Gasteiger partial charge is 0.244 e. The lowest BCUT2D eigenvalue weighted by Gasteiger charge is -2.11. The molecule has 5 nitrogen and oxygen atoms in total. The first-order valence-electron chi connectivity index (χ1n) is 5.40. The second-order valence-corrected chi connectivity index (χ2v) is 4.14. The number of carbonyl (C=O) groups is 2. The van der Waals surface area contributed by atoms with Gasteiger partial charge in [0.25, 0.3) is 0 Å². The number of ether oxygens (including phenoxy) is 1. The van der Waals surface area contributed by atoms with E-state index in [2.05, 4.69) is 10.6 Å². The lowest BCUT2D eigenvalue weighted by atomic mass is 10.1. The largest absolute Gasteiger partial charge is 0.381 e. The van der Waals surface area contributed by atoms with Gasteiger partial charge in [0.05, 0.1) is 12.5 Å². The van der Waals surface area contributed by atoms with Gasteiger partial charge < -0.3 is 10.1 Å². The summed E-state index contributed by atoms with van der Waals surface area (Å²) in [5.74, 6) is 0.238. The average Bonchev–Trinajstić information content (AvgIpc) is 2.77. The molecular formula is C10H16N2O3. The molecule has 2 aliphatic rings. The van der Waals surface area contributed by atoms with E-state index in [-0.39, 0.29) is 24.3 Å². The summed E-state index contributed by atoms with van der Waals surface area (Å²) in [6.45, 7) is 2.46. The summed E-state index contributed by atoms with van der Waals surface area (Å²) < 4.78 is 5.26. The van der Waals surface area contributed by atoms with Crippen LogP contribution < -0.4 is 10.6 Å². The van der Waals surface area contributed by atoms with Crippen LogP contribution in [0.1, 0.15) is 19.3 Å². The fourth-order valence-corrected chi connectivity index (χ4v) is 1.99. The highest BCUT2D eigenvalue weighted by molar-refractivity contribution is 6.05. The minimum Gasteiger partial charge on any atom is -0.381 e. The van der Waals surface area contributed by atoms with Crippen molar-refractivity contribution in [2.45, 2.75) is 25.3 Å². The molecule has 2 unspecified atom stereocenters. The van der Waals surface area contributed by atoms with Crippen LogP contribution >= 0.6 is 0 Å². The van der Waals surface area contributed by atoms with Crippen LogP contribution in [-0.4, -0.2) is 37.6 Å². The third kappa shape index (κ3) is 2.76. The minimum absolute atomic E-state index is 0.179. The minimum atomic E-state index is -0.320. The quantitative estimate of drug-likeness (QED) is 0.612. The highest BCUT2D eigenvalue weighted by atomic mass is 16.5. The van der Waals surface area contributed by atoms with Crippen LogP contribution in [-0.2, 0) is 14.3 Å². The normalized spacial score (nSPS) is 30.9. The SMILES string of the molecule is O=C1CC(NCCC2CCOC2)C(=O)N1. The summed E-state index contributed by atoms with van der Waals surface area (Å²) in [6, 6.07) is -0.320. The maximum absolute atomic E-state index is 11.2. The number of amides is 2. The van der Waals surface area contributed by atoms with Crippen LogP contribution in [0.4, 0.5) is 0 Å². The monoisotopic (exact) mass is 212 g/mol. The van der Waals surface area contributed by atoms with Gasteiger partial charge in [-0.1, -0.05) is 0 Å². The second-order valence-electron chi connectivity index (χ2n) is 4.14. The fraction of sp³-hybridized carbons (Fsp3) is 0.800. The molecule has 2 amide bonds. The topological polar surface area (TPSA) is 67.4 Å². The Morgan fingerprint density at radius 3 is 2.93 bits per heavy atom. The number of carbonyl (C=O) groups excluding carboxylic acids is 2. The van der Waals surface area contributed by atoms with Gasteiger partial charge in [-0.2, -0.15) is 0 Å². The fourth-order valence-electron chi connectivity index (χ4n) is 1.99. The van der Waals surface area contributed by atoms with E-state index in [1.165, 1.54) is 0 Å². The number of hydrogen-bond donors (Lipinski definition) is 2. The molecular weight excluding hydrogens is 196 g/mol. The summed E-state index contributed by atoms with van der Waals surface area (Å²) in [5.41, 5.74) is 0. The van der Waals surface area contributed by atoms with Gasteiger partial charge in [0.2, 0.25) is 11.8 Å². The number of hydrogen-bond acceptors (Lipinski definition) is 4. The predicted octanol–water partition coefficient (Wildman–Crippen LogP) is -0.582. The van der Waals surface area contributed by atoms with Crippen molar-refractivity contribution in [2.75, 3.05) is 19.8 Å². The third-order valence-corrected chi connectivity index (χ3v) is 2.94. The summed E-state index contributed by atoms with van der Waals surface area (Å²) in [4.78, 5) is 22.1. The Hall–Kier alpha value is -0.940. The Morgan fingerprint density at radius 1 is 1.47 bits per heavy atom. The van der Waals surface area contributed by atoms with Crippen molar-refractivity contribution in [2.24, 2.45) is 5.92 Å². The molecule has 2 fully saturated rings. The maximum atomic E-state index is 11.2. The Bertz CT molecular complexity index is 261.